The van der Waals surface area contributed by atoms with E-state index in [1.807, 2.05) is 26.8 Å². The van der Waals surface area contributed by atoms with Crippen molar-refractivity contribution in [1.29, 1.82) is 0 Å². The molecule has 9 heteroatoms. The first-order valence-electron chi connectivity index (χ1n) is 10.8. The van der Waals surface area contributed by atoms with E-state index in [1.54, 1.807) is 18.2 Å². The fourth-order valence-corrected chi connectivity index (χ4v) is 5.94. The van der Waals surface area contributed by atoms with Crippen LogP contribution in [0.3, 0.4) is 0 Å². The van der Waals surface area contributed by atoms with Crippen molar-refractivity contribution < 1.29 is 27.5 Å². The Bertz CT molecular complexity index is 1120. The first kappa shape index (κ1) is 24.7. The highest BCUT2D eigenvalue weighted by Gasteiger charge is 2.34. The van der Waals surface area contributed by atoms with E-state index in [2.05, 4.69) is 5.32 Å². The second kappa shape index (κ2) is 10.4. The number of anilines is 1. The summed E-state index contributed by atoms with van der Waals surface area (Å²) in [4.78, 5) is 24.6. The number of carbonyl (C=O) groups excluding carboxylic acids is 2. The van der Waals surface area contributed by atoms with Gasteiger partial charge < -0.3 is 14.8 Å². The average molecular weight is 475 g/mol. The second-order valence-corrected chi connectivity index (χ2v) is 10.5. The van der Waals surface area contributed by atoms with Crippen LogP contribution in [0.5, 0.6) is 5.75 Å². The van der Waals surface area contributed by atoms with E-state index in [0.29, 0.717) is 18.8 Å². The highest BCUT2D eigenvalue weighted by Crippen LogP contribution is 2.32. The third-order valence-electron chi connectivity index (χ3n) is 5.49. The molecule has 0 spiro atoms. The summed E-state index contributed by atoms with van der Waals surface area (Å²) in [5.74, 6) is -0.681. The Kier molecular flexibility index (Phi) is 7.76. The molecule has 0 aliphatic carbocycles. The zero-order valence-corrected chi connectivity index (χ0v) is 20.1. The SMILES string of the molecule is COc1ccc(C(=O)OCC(=O)Nc2cccc(C)c2)cc1S(=O)(=O)N1CC(C)CC(C)C1. The van der Waals surface area contributed by atoms with Gasteiger partial charge in [-0.2, -0.15) is 4.31 Å². The molecule has 2 aromatic rings. The van der Waals surface area contributed by atoms with E-state index in [4.69, 9.17) is 9.47 Å². The topological polar surface area (TPSA) is 102 Å². The lowest BCUT2D eigenvalue weighted by atomic mass is 9.94. The maximum atomic E-state index is 13.4. The molecule has 0 aromatic heterocycles. The Hall–Kier alpha value is -2.91. The molecule has 2 unspecified atom stereocenters. The standard InChI is InChI=1S/C24H30N2O6S/c1-16-6-5-7-20(11-16)25-23(27)15-32-24(28)19-8-9-21(31-4)22(12-19)33(29,30)26-13-17(2)10-18(3)14-26/h5-9,11-12,17-18H,10,13-15H2,1-4H3,(H,25,27). The van der Waals surface area contributed by atoms with Gasteiger partial charge in [-0.15, -0.1) is 0 Å². The number of hydrogen-bond donors (Lipinski definition) is 1. The molecule has 0 bridgehead atoms. The molecular weight excluding hydrogens is 444 g/mol. The number of piperidine rings is 1. The van der Waals surface area contributed by atoms with Gasteiger partial charge in [-0.25, -0.2) is 13.2 Å². The molecule has 1 amide bonds. The Labute approximate surface area is 194 Å². The molecule has 2 aromatic carbocycles. The Morgan fingerprint density at radius 3 is 2.42 bits per heavy atom. The molecule has 1 N–H and O–H groups in total. The summed E-state index contributed by atoms with van der Waals surface area (Å²) in [6, 6.07) is 11.3. The van der Waals surface area contributed by atoms with Crippen molar-refractivity contribution in [3.05, 3.63) is 53.6 Å². The minimum Gasteiger partial charge on any atom is -0.495 e. The van der Waals surface area contributed by atoms with Crippen molar-refractivity contribution in [3.8, 4) is 5.75 Å². The van der Waals surface area contributed by atoms with Crippen LogP contribution in [0.2, 0.25) is 0 Å². The summed E-state index contributed by atoms with van der Waals surface area (Å²) in [6.07, 6.45) is 0.958. The molecule has 1 heterocycles. The molecule has 1 saturated heterocycles. The highest BCUT2D eigenvalue weighted by molar-refractivity contribution is 7.89. The van der Waals surface area contributed by atoms with Crippen LogP contribution in [0.25, 0.3) is 0 Å². The molecule has 178 valence electrons. The Morgan fingerprint density at radius 1 is 1.09 bits per heavy atom. The van der Waals surface area contributed by atoms with E-state index in [9.17, 15) is 18.0 Å². The van der Waals surface area contributed by atoms with Crippen LogP contribution in [-0.4, -0.2) is 51.4 Å². The lowest BCUT2D eigenvalue weighted by molar-refractivity contribution is -0.119. The number of nitrogens with one attached hydrogen (secondary N) is 1. The summed E-state index contributed by atoms with van der Waals surface area (Å²) >= 11 is 0. The first-order valence-corrected chi connectivity index (χ1v) is 12.3. The van der Waals surface area contributed by atoms with Crippen LogP contribution in [0.1, 0.15) is 36.2 Å². The van der Waals surface area contributed by atoms with E-state index in [0.717, 1.165) is 12.0 Å². The lowest BCUT2D eigenvalue weighted by Gasteiger charge is -2.34. The van der Waals surface area contributed by atoms with Gasteiger partial charge in [0.05, 0.1) is 12.7 Å². The molecule has 33 heavy (non-hydrogen) atoms. The summed E-state index contributed by atoms with van der Waals surface area (Å²) in [7, 11) is -2.50. The molecule has 1 aliphatic rings. The van der Waals surface area contributed by atoms with Crippen LogP contribution >= 0.6 is 0 Å². The number of carbonyl (C=O) groups is 2. The molecule has 2 atom stereocenters. The number of aryl methyl sites for hydroxylation is 1. The smallest absolute Gasteiger partial charge is 0.338 e. The van der Waals surface area contributed by atoms with Crippen LogP contribution in [0.15, 0.2) is 47.4 Å². The largest absolute Gasteiger partial charge is 0.495 e. The van der Waals surface area contributed by atoms with Gasteiger partial charge in [0, 0.05) is 18.8 Å². The van der Waals surface area contributed by atoms with Crippen molar-refractivity contribution in [2.75, 3.05) is 32.1 Å². The number of amides is 1. The van der Waals surface area contributed by atoms with Gasteiger partial charge in [-0.05, 0) is 61.1 Å². The minimum atomic E-state index is -3.88. The van der Waals surface area contributed by atoms with Gasteiger partial charge in [-0.1, -0.05) is 26.0 Å². The van der Waals surface area contributed by atoms with E-state index in [1.165, 1.54) is 29.6 Å². The monoisotopic (exact) mass is 474 g/mol. The van der Waals surface area contributed by atoms with Crippen LogP contribution < -0.4 is 10.1 Å². The number of nitrogens with zero attached hydrogens (tertiary/aromatic N) is 1. The quantitative estimate of drug-likeness (QED) is 0.617. The average Bonchev–Trinajstić information content (AvgIpc) is 2.76. The third kappa shape index (κ3) is 6.11. The summed E-state index contributed by atoms with van der Waals surface area (Å²) < 4.78 is 38.5. The van der Waals surface area contributed by atoms with Gasteiger partial charge in [0.15, 0.2) is 6.61 Å². The zero-order valence-electron chi connectivity index (χ0n) is 19.3. The van der Waals surface area contributed by atoms with E-state index >= 15 is 0 Å². The molecule has 8 nitrogen and oxygen atoms in total. The van der Waals surface area contributed by atoms with E-state index < -0.39 is 28.5 Å². The minimum absolute atomic E-state index is 0.0239. The zero-order chi connectivity index (χ0) is 24.2. The van der Waals surface area contributed by atoms with Crippen molar-refractivity contribution >= 4 is 27.6 Å². The maximum absolute atomic E-state index is 13.4. The van der Waals surface area contributed by atoms with Gasteiger partial charge in [-0.3, -0.25) is 4.79 Å². The maximum Gasteiger partial charge on any atom is 0.338 e. The first-order chi connectivity index (χ1) is 15.6. The number of benzene rings is 2. The number of esters is 1. The number of hydrogen-bond acceptors (Lipinski definition) is 6. The molecule has 3 rings (SSSR count). The normalized spacial score (nSPS) is 19.0. The van der Waals surface area contributed by atoms with Crippen LogP contribution in [0, 0.1) is 18.8 Å². The van der Waals surface area contributed by atoms with Crippen molar-refractivity contribution in [2.45, 2.75) is 32.1 Å². The van der Waals surface area contributed by atoms with Gasteiger partial charge in [0.25, 0.3) is 5.91 Å². The number of sulfonamides is 1. The summed E-state index contributed by atoms with van der Waals surface area (Å²) in [6.45, 7) is 6.25. The summed E-state index contributed by atoms with van der Waals surface area (Å²) in [5, 5.41) is 2.66. The third-order valence-corrected chi connectivity index (χ3v) is 7.34. The van der Waals surface area contributed by atoms with Crippen molar-refractivity contribution in [2.24, 2.45) is 11.8 Å². The predicted molar refractivity (Wildman–Crippen MR) is 125 cm³/mol. The number of methoxy groups -OCH3 is 1. The van der Waals surface area contributed by atoms with Crippen molar-refractivity contribution in [3.63, 3.8) is 0 Å². The Morgan fingerprint density at radius 2 is 1.79 bits per heavy atom. The molecule has 0 saturated carbocycles. The lowest BCUT2D eigenvalue weighted by Crippen LogP contribution is -2.42. The van der Waals surface area contributed by atoms with Gasteiger partial charge in [0.1, 0.15) is 10.6 Å². The van der Waals surface area contributed by atoms with Crippen molar-refractivity contribution in [1.82, 2.24) is 4.31 Å². The fraction of sp³-hybridized carbons (Fsp3) is 0.417. The van der Waals surface area contributed by atoms with E-state index in [-0.39, 0.29) is 28.0 Å². The van der Waals surface area contributed by atoms with Crippen LogP contribution in [-0.2, 0) is 19.6 Å². The molecule has 1 fully saturated rings. The molecular formula is C24H30N2O6S. The number of ether oxygens (including phenoxy) is 2. The predicted octanol–water partition coefficient (Wildman–Crippen LogP) is 3.47. The molecule has 0 radical (unpaired) electrons. The molecule has 1 aliphatic heterocycles. The highest BCUT2D eigenvalue weighted by atomic mass is 32.2. The summed E-state index contributed by atoms with van der Waals surface area (Å²) in [5.41, 5.74) is 1.60. The second-order valence-electron chi connectivity index (χ2n) is 8.63. The number of rotatable bonds is 7. The van der Waals surface area contributed by atoms with Gasteiger partial charge >= 0.3 is 5.97 Å². The van der Waals surface area contributed by atoms with Gasteiger partial charge in [0.2, 0.25) is 10.0 Å². The van der Waals surface area contributed by atoms with Crippen LogP contribution in [0.4, 0.5) is 5.69 Å². The fourth-order valence-electron chi connectivity index (χ4n) is 4.08. The Balaban J connectivity index is 1.74.